The second kappa shape index (κ2) is 6.15. The Kier molecular flexibility index (Phi) is 4.31. The Morgan fingerprint density at radius 2 is 1.90 bits per heavy atom. The smallest absolute Gasteiger partial charge is 0.248 e. The van der Waals surface area contributed by atoms with E-state index in [2.05, 4.69) is 5.32 Å². The van der Waals surface area contributed by atoms with E-state index in [1.54, 1.807) is 18.2 Å². The molecular weight excluding hydrogens is 253 g/mol. The summed E-state index contributed by atoms with van der Waals surface area (Å²) < 4.78 is 13.0. The summed E-state index contributed by atoms with van der Waals surface area (Å²) in [5.41, 5.74) is 3.61. The average Bonchev–Trinajstić information content (AvgIpc) is 2.42. The lowest BCUT2D eigenvalue weighted by Gasteiger charge is -2.08. The molecule has 0 aliphatic carbocycles. The van der Waals surface area contributed by atoms with E-state index in [0.29, 0.717) is 5.56 Å². The topological polar surface area (TPSA) is 29.1 Å². The summed E-state index contributed by atoms with van der Waals surface area (Å²) >= 11 is 0. The van der Waals surface area contributed by atoms with E-state index in [-0.39, 0.29) is 11.7 Å². The number of aryl methyl sites for hydroxylation is 1. The van der Waals surface area contributed by atoms with Crippen molar-refractivity contribution in [1.29, 1.82) is 0 Å². The Bertz CT molecular complexity index is 662. The maximum atomic E-state index is 13.0. The van der Waals surface area contributed by atoms with Crippen LogP contribution in [0.5, 0.6) is 0 Å². The molecule has 2 aromatic carbocycles. The number of halogens is 1. The van der Waals surface area contributed by atoms with Gasteiger partial charge in [0.05, 0.1) is 0 Å². The number of nitrogens with one attached hydrogen (secondary N) is 1. The van der Waals surface area contributed by atoms with Gasteiger partial charge >= 0.3 is 0 Å². The predicted molar refractivity (Wildman–Crippen MR) is 80.0 cm³/mol. The van der Waals surface area contributed by atoms with Crippen molar-refractivity contribution in [3.8, 4) is 0 Å². The molecular formula is C17H16FNO. The molecule has 2 aromatic rings. The van der Waals surface area contributed by atoms with E-state index in [4.69, 9.17) is 0 Å². The lowest BCUT2D eigenvalue weighted by atomic mass is 10.1. The largest absolute Gasteiger partial charge is 0.322 e. The van der Waals surface area contributed by atoms with Gasteiger partial charge in [0, 0.05) is 11.8 Å². The van der Waals surface area contributed by atoms with E-state index in [1.807, 2.05) is 32.0 Å². The molecule has 0 spiro atoms. The van der Waals surface area contributed by atoms with Gasteiger partial charge in [0.2, 0.25) is 5.91 Å². The molecule has 1 amide bonds. The molecule has 0 aromatic heterocycles. The Morgan fingerprint density at radius 1 is 1.15 bits per heavy atom. The fourth-order valence-corrected chi connectivity index (χ4v) is 1.84. The highest BCUT2D eigenvalue weighted by molar-refractivity contribution is 6.02. The number of amides is 1. The van der Waals surface area contributed by atoms with Crippen molar-refractivity contribution in [2.24, 2.45) is 0 Å². The SMILES string of the molecule is Cc1cccc(NC(=O)C=Cc2cccc(F)c2)c1C. The highest BCUT2D eigenvalue weighted by Crippen LogP contribution is 2.18. The number of rotatable bonds is 3. The number of hydrogen-bond acceptors (Lipinski definition) is 1. The van der Waals surface area contributed by atoms with Crippen molar-refractivity contribution in [2.75, 3.05) is 5.32 Å². The molecule has 2 nitrogen and oxygen atoms in total. The average molecular weight is 269 g/mol. The molecule has 1 N–H and O–H groups in total. The molecule has 0 aliphatic heterocycles. The molecule has 0 fully saturated rings. The number of hydrogen-bond donors (Lipinski definition) is 1. The van der Waals surface area contributed by atoms with Crippen LogP contribution in [-0.2, 0) is 4.79 Å². The zero-order chi connectivity index (χ0) is 14.5. The Labute approximate surface area is 118 Å². The van der Waals surface area contributed by atoms with Crippen LogP contribution >= 0.6 is 0 Å². The first kappa shape index (κ1) is 14.0. The van der Waals surface area contributed by atoms with E-state index in [1.165, 1.54) is 18.2 Å². The summed E-state index contributed by atoms with van der Waals surface area (Å²) in [7, 11) is 0. The minimum absolute atomic E-state index is 0.233. The minimum atomic E-state index is -0.318. The molecule has 0 radical (unpaired) electrons. The van der Waals surface area contributed by atoms with E-state index in [9.17, 15) is 9.18 Å². The third-order valence-electron chi connectivity index (χ3n) is 3.14. The molecule has 0 aliphatic rings. The van der Waals surface area contributed by atoms with E-state index in [0.717, 1.165) is 16.8 Å². The van der Waals surface area contributed by atoms with Crippen molar-refractivity contribution >= 4 is 17.7 Å². The first-order chi connectivity index (χ1) is 9.56. The Balaban J connectivity index is 2.08. The summed E-state index contributed by atoms with van der Waals surface area (Å²) in [5.74, 6) is -0.551. The predicted octanol–water partition coefficient (Wildman–Crippen LogP) is 4.09. The van der Waals surface area contributed by atoms with Crippen molar-refractivity contribution < 1.29 is 9.18 Å². The van der Waals surface area contributed by atoms with Crippen LogP contribution in [0.4, 0.5) is 10.1 Å². The standard InChI is InChI=1S/C17H16FNO/c1-12-5-3-8-16(13(12)2)19-17(20)10-9-14-6-4-7-15(18)11-14/h3-11H,1-2H3,(H,19,20). The third-order valence-corrected chi connectivity index (χ3v) is 3.14. The molecule has 0 saturated heterocycles. The van der Waals surface area contributed by atoms with Crippen LogP contribution in [0.25, 0.3) is 6.08 Å². The summed E-state index contributed by atoms with van der Waals surface area (Å²) in [6, 6.07) is 11.8. The normalized spacial score (nSPS) is 10.8. The van der Waals surface area contributed by atoms with Crippen LogP contribution in [0.1, 0.15) is 16.7 Å². The molecule has 0 unspecified atom stereocenters. The zero-order valence-electron chi connectivity index (χ0n) is 11.5. The van der Waals surface area contributed by atoms with Gasteiger partial charge in [0.25, 0.3) is 0 Å². The highest BCUT2D eigenvalue weighted by Gasteiger charge is 2.03. The molecule has 0 atom stereocenters. The van der Waals surface area contributed by atoms with Gasteiger partial charge in [-0.15, -0.1) is 0 Å². The maximum Gasteiger partial charge on any atom is 0.248 e. The van der Waals surface area contributed by atoms with E-state index < -0.39 is 0 Å². The molecule has 0 heterocycles. The zero-order valence-corrected chi connectivity index (χ0v) is 11.5. The van der Waals surface area contributed by atoms with Gasteiger partial charge in [0.15, 0.2) is 0 Å². The van der Waals surface area contributed by atoms with Gasteiger partial charge in [-0.05, 0) is 54.8 Å². The summed E-state index contributed by atoms with van der Waals surface area (Å²) in [4.78, 5) is 11.8. The molecule has 102 valence electrons. The highest BCUT2D eigenvalue weighted by atomic mass is 19.1. The maximum absolute atomic E-state index is 13.0. The first-order valence-corrected chi connectivity index (χ1v) is 6.37. The monoisotopic (exact) mass is 269 g/mol. The van der Waals surface area contributed by atoms with Gasteiger partial charge in [-0.25, -0.2) is 4.39 Å². The Morgan fingerprint density at radius 3 is 2.65 bits per heavy atom. The van der Waals surface area contributed by atoms with Gasteiger partial charge in [0.1, 0.15) is 5.82 Å². The summed E-state index contributed by atoms with van der Waals surface area (Å²) in [5, 5.41) is 2.82. The van der Waals surface area contributed by atoms with Gasteiger partial charge < -0.3 is 5.32 Å². The number of benzene rings is 2. The fourth-order valence-electron chi connectivity index (χ4n) is 1.84. The van der Waals surface area contributed by atoms with E-state index >= 15 is 0 Å². The van der Waals surface area contributed by atoms with Crippen LogP contribution in [0, 0.1) is 19.7 Å². The third kappa shape index (κ3) is 3.54. The van der Waals surface area contributed by atoms with Crippen LogP contribution in [-0.4, -0.2) is 5.91 Å². The second-order valence-corrected chi connectivity index (χ2v) is 4.63. The lowest BCUT2D eigenvalue weighted by Crippen LogP contribution is -2.09. The van der Waals surface area contributed by atoms with Crippen molar-refractivity contribution in [1.82, 2.24) is 0 Å². The number of carbonyl (C=O) groups excluding carboxylic acids is 1. The van der Waals surface area contributed by atoms with Gasteiger partial charge in [-0.3, -0.25) is 4.79 Å². The Hall–Kier alpha value is -2.42. The van der Waals surface area contributed by atoms with Crippen molar-refractivity contribution in [3.05, 3.63) is 71.0 Å². The molecule has 20 heavy (non-hydrogen) atoms. The fraction of sp³-hybridized carbons (Fsp3) is 0.118. The number of anilines is 1. The van der Waals surface area contributed by atoms with Crippen LogP contribution in [0.15, 0.2) is 48.5 Å². The molecule has 0 bridgehead atoms. The van der Waals surface area contributed by atoms with Crippen molar-refractivity contribution in [3.63, 3.8) is 0 Å². The first-order valence-electron chi connectivity index (χ1n) is 6.37. The lowest BCUT2D eigenvalue weighted by molar-refractivity contribution is -0.111. The number of carbonyl (C=O) groups is 1. The second-order valence-electron chi connectivity index (χ2n) is 4.63. The van der Waals surface area contributed by atoms with Gasteiger partial charge in [-0.2, -0.15) is 0 Å². The molecule has 3 heteroatoms. The van der Waals surface area contributed by atoms with Gasteiger partial charge in [-0.1, -0.05) is 24.3 Å². The van der Waals surface area contributed by atoms with Crippen LogP contribution in [0.2, 0.25) is 0 Å². The summed E-state index contributed by atoms with van der Waals surface area (Å²) in [6.45, 7) is 3.95. The van der Waals surface area contributed by atoms with Crippen LogP contribution in [0.3, 0.4) is 0 Å². The molecule has 0 saturated carbocycles. The minimum Gasteiger partial charge on any atom is -0.322 e. The van der Waals surface area contributed by atoms with Crippen molar-refractivity contribution in [2.45, 2.75) is 13.8 Å². The molecule has 2 rings (SSSR count). The summed E-state index contributed by atoms with van der Waals surface area (Å²) in [6.07, 6.45) is 2.99. The quantitative estimate of drug-likeness (QED) is 0.835. The van der Waals surface area contributed by atoms with Crippen LogP contribution < -0.4 is 5.32 Å².